The number of hydrogen-bond acceptors (Lipinski definition) is 3. The molecule has 1 saturated heterocycles. The van der Waals surface area contributed by atoms with E-state index in [1.807, 2.05) is 6.07 Å². The van der Waals surface area contributed by atoms with Gasteiger partial charge in [0.25, 0.3) is 0 Å². The summed E-state index contributed by atoms with van der Waals surface area (Å²) >= 11 is 0. The third kappa shape index (κ3) is 2.23. The zero-order valence-corrected chi connectivity index (χ0v) is 6.92. The van der Waals surface area contributed by atoms with Crippen molar-refractivity contribution < 1.29 is 4.74 Å². The lowest BCUT2D eigenvalue weighted by Gasteiger charge is -2.17. The zero-order valence-electron chi connectivity index (χ0n) is 6.92. The molecule has 0 saturated carbocycles. The summed E-state index contributed by atoms with van der Waals surface area (Å²) in [6.45, 7) is 1.08. The predicted octanol–water partition coefficient (Wildman–Crippen LogP) is 0.280. The highest BCUT2D eigenvalue weighted by molar-refractivity contribution is 5.05. The van der Waals surface area contributed by atoms with Crippen LogP contribution in [-0.2, 0) is 4.74 Å². The molecule has 0 aromatic carbocycles. The molecule has 0 aliphatic carbocycles. The molecule has 3 heteroatoms. The third-order valence-corrected chi connectivity index (χ3v) is 1.92. The lowest BCUT2D eigenvalue weighted by molar-refractivity contribution is 0.0950. The molecule has 1 N–H and O–H groups in total. The second-order valence-corrected chi connectivity index (χ2v) is 2.73. The average Bonchev–Trinajstić information content (AvgIpc) is 2.59. The first kappa shape index (κ1) is 9.06. The van der Waals surface area contributed by atoms with Crippen molar-refractivity contribution in [2.24, 2.45) is 0 Å². The van der Waals surface area contributed by atoms with Gasteiger partial charge in [-0.3, -0.25) is 5.32 Å². The van der Waals surface area contributed by atoms with Crippen LogP contribution in [0.25, 0.3) is 0 Å². The van der Waals surface area contributed by atoms with Gasteiger partial charge in [0.1, 0.15) is 0 Å². The smallest absolute Gasteiger partial charge is 0.0960 e. The van der Waals surface area contributed by atoms with Gasteiger partial charge in [0.05, 0.1) is 24.8 Å². The summed E-state index contributed by atoms with van der Waals surface area (Å²) in [4.78, 5) is 0. The Balaban J connectivity index is 2.35. The SMILES string of the molecule is C#CC(NCC#N)C1CCCO1. The lowest BCUT2D eigenvalue weighted by Crippen LogP contribution is -2.38. The highest BCUT2D eigenvalue weighted by Crippen LogP contribution is 2.14. The Morgan fingerprint density at radius 2 is 2.58 bits per heavy atom. The Morgan fingerprint density at radius 1 is 1.75 bits per heavy atom. The van der Waals surface area contributed by atoms with Crippen molar-refractivity contribution in [3.63, 3.8) is 0 Å². The Bertz CT molecular complexity index is 208. The number of hydrogen-bond donors (Lipinski definition) is 1. The number of rotatable bonds is 3. The first-order chi connectivity index (χ1) is 5.88. The quantitative estimate of drug-likeness (QED) is 0.481. The van der Waals surface area contributed by atoms with E-state index in [-0.39, 0.29) is 18.7 Å². The van der Waals surface area contributed by atoms with Crippen LogP contribution in [0.2, 0.25) is 0 Å². The molecule has 1 aliphatic rings. The van der Waals surface area contributed by atoms with Crippen molar-refractivity contribution in [1.29, 1.82) is 5.26 Å². The summed E-state index contributed by atoms with van der Waals surface area (Å²) in [5.74, 6) is 2.59. The van der Waals surface area contributed by atoms with Crippen molar-refractivity contribution in [2.45, 2.75) is 25.0 Å². The largest absolute Gasteiger partial charge is 0.376 e. The maximum Gasteiger partial charge on any atom is 0.0960 e. The van der Waals surface area contributed by atoms with Gasteiger partial charge in [0.2, 0.25) is 0 Å². The second kappa shape index (κ2) is 4.77. The van der Waals surface area contributed by atoms with Gasteiger partial charge in [0, 0.05) is 6.61 Å². The van der Waals surface area contributed by atoms with Gasteiger partial charge < -0.3 is 4.74 Å². The summed E-state index contributed by atoms with van der Waals surface area (Å²) in [5.41, 5.74) is 0. The van der Waals surface area contributed by atoms with E-state index < -0.39 is 0 Å². The van der Waals surface area contributed by atoms with Crippen LogP contribution in [0.4, 0.5) is 0 Å². The van der Waals surface area contributed by atoms with E-state index in [2.05, 4.69) is 11.2 Å². The van der Waals surface area contributed by atoms with Crippen LogP contribution < -0.4 is 5.32 Å². The molecule has 64 valence electrons. The Labute approximate surface area is 72.7 Å². The summed E-state index contributed by atoms with van der Waals surface area (Å²) in [6.07, 6.45) is 7.45. The van der Waals surface area contributed by atoms with Crippen molar-refractivity contribution in [3.8, 4) is 18.4 Å². The van der Waals surface area contributed by atoms with Gasteiger partial charge in [-0.25, -0.2) is 0 Å². The predicted molar refractivity (Wildman–Crippen MR) is 45.2 cm³/mol. The number of nitrogens with zero attached hydrogens (tertiary/aromatic N) is 1. The molecule has 3 nitrogen and oxygen atoms in total. The number of ether oxygens (including phenoxy) is 1. The summed E-state index contributed by atoms with van der Waals surface area (Å²) in [7, 11) is 0. The molecular formula is C9H12N2O. The minimum Gasteiger partial charge on any atom is -0.376 e. The van der Waals surface area contributed by atoms with Crippen molar-refractivity contribution in [2.75, 3.05) is 13.2 Å². The summed E-state index contributed by atoms with van der Waals surface area (Å²) in [6, 6.07) is 1.89. The van der Waals surface area contributed by atoms with E-state index in [0.29, 0.717) is 0 Å². The first-order valence-corrected chi connectivity index (χ1v) is 4.06. The van der Waals surface area contributed by atoms with Crippen molar-refractivity contribution in [1.82, 2.24) is 5.32 Å². The lowest BCUT2D eigenvalue weighted by atomic mass is 10.1. The van der Waals surface area contributed by atoms with E-state index in [1.165, 1.54) is 0 Å². The molecule has 0 amide bonds. The fourth-order valence-corrected chi connectivity index (χ4v) is 1.32. The molecule has 12 heavy (non-hydrogen) atoms. The molecule has 0 aromatic rings. The maximum absolute atomic E-state index is 8.33. The molecule has 1 rings (SSSR count). The van der Waals surface area contributed by atoms with Crippen LogP contribution in [0.1, 0.15) is 12.8 Å². The average molecular weight is 164 g/mol. The highest BCUT2D eigenvalue weighted by Gasteiger charge is 2.23. The monoisotopic (exact) mass is 164 g/mol. The second-order valence-electron chi connectivity index (χ2n) is 2.73. The number of terminal acetylenes is 1. The molecule has 1 aliphatic heterocycles. The molecule has 1 heterocycles. The maximum atomic E-state index is 8.33. The first-order valence-electron chi connectivity index (χ1n) is 4.06. The van der Waals surface area contributed by atoms with Gasteiger partial charge in [-0.2, -0.15) is 5.26 Å². The topological polar surface area (TPSA) is 45.0 Å². The normalized spacial score (nSPS) is 24.3. The Morgan fingerprint density at radius 3 is 3.08 bits per heavy atom. The van der Waals surface area contributed by atoms with Gasteiger partial charge in [-0.15, -0.1) is 6.42 Å². The summed E-state index contributed by atoms with van der Waals surface area (Å²) in [5, 5.41) is 11.3. The summed E-state index contributed by atoms with van der Waals surface area (Å²) < 4.78 is 5.39. The van der Waals surface area contributed by atoms with E-state index in [9.17, 15) is 0 Å². The minimum atomic E-state index is -0.104. The van der Waals surface area contributed by atoms with Crippen LogP contribution in [0.3, 0.4) is 0 Å². The van der Waals surface area contributed by atoms with Crippen LogP contribution in [0, 0.1) is 23.7 Å². The van der Waals surface area contributed by atoms with Crippen LogP contribution in [-0.4, -0.2) is 25.3 Å². The minimum absolute atomic E-state index is 0.100. The highest BCUT2D eigenvalue weighted by atomic mass is 16.5. The number of nitriles is 1. The van der Waals surface area contributed by atoms with Crippen molar-refractivity contribution in [3.05, 3.63) is 0 Å². The number of nitrogens with one attached hydrogen (secondary N) is 1. The molecule has 0 radical (unpaired) electrons. The van der Waals surface area contributed by atoms with Gasteiger partial charge in [-0.05, 0) is 12.8 Å². The third-order valence-electron chi connectivity index (χ3n) is 1.92. The van der Waals surface area contributed by atoms with Gasteiger partial charge in [0.15, 0.2) is 0 Å². The van der Waals surface area contributed by atoms with Crippen LogP contribution in [0.15, 0.2) is 0 Å². The Hall–Kier alpha value is -1.03. The molecular weight excluding hydrogens is 152 g/mol. The molecule has 0 spiro atoms. The van der Waals surface area contributed by atoms with E-state index in [0.717, 1.165) is 19.4 Å². The van der Waals surface area contributed by atoms with Gasteiger partial charge in [-0.1, -0.05) is 5.92 Å². The Kier molecular flexibility index (Phi) is 3.60. The van der Waals surface area contributed by atoms with E-state index in [4.69, 9.17) is 16.4 Å². The van der Waals surface area contributed by atoms with Crippen LogP contribution in [0.5, 0.6) is 0 Å². The standard InChI is InChI=1S/C9H12N2O/c1-2-8(11-6-5-10)9-4-3-7-12-9/h1,8-9,11H,3-4,6-7H2. The van der Waals surface area contributed by atoms with E-state index >= 15 is 0 Å². The zero-order chi connectivity index (χ0) is 8.81. The molecule has 1 fully saturated rings. The van der Waals surface area contributed by atoms with Crippen LogP contribution >= 0.6 is 0 Å². The van der Waals surface area contributed by atoms with E-state index in [1.54, 1.807) is 0 Å². The van der Waals surface area contributed by atoms with Crippen molar-refractivity contribution >= 4 is 0 Å². The molecule has 0 aromatic heterocycles. The van der Waals surface area contributed by atoms with Gasteiger partial charge >= 0.3 is 0 Å². The molecule has 2 atom stereocenters. The molecule has 0 bridgehead atoms. The molecule has 2 unspecified atom stereocenters. The fourth-order valence-electron chi connectivity index (χ4n) is 1.32. The fraction of sp³-hybridized carbons (Fsp3) is 0.667.